The van der Waals surface area contributed by atoms with E-state index in [1.807, 2.05) is 58.4 Å². The Morgan fingerprint density at radius 2 is 1.78 bits per heavy atom. The van der Waals surface area contributed by atoms with Gasteiger partial charge in [-0.2, -0.15) is 5.10 Å². The van der Waals surface area contributed by atoms with E-state index in [0.29, 0.717) is 18.1 Å². The summed E-state index contributed by atoms with van der Waals surface area (Å²) in [7, 11) is 0. The molecule has 2 aromatic carbocycles. The number of carbonyl (C=O) groups is 1. The third-order valence-electron chi connectivity index (χ3n) is 5.94. The smallest absolute Gasteiger partial charge is 0.247 e. The third kappa shape index (κ3) is 3.65. The molecule has 0 N–H and O–H groups in total. The van der Waals surface area contributed by atoms with Crippen LogP contribution in [0.2, 0.25) is 5.02 Å². The number of aromatic nitrogens is 3. The lowest BCUT2D eigenvalue weighted by molar-refractivity contribution is -0.126. The predicted octanol–water partition coefficient (Wildman–Crippen LogP) is 5.49. The Kier molecular flexibility index (Phi) is 5.19. The van der Waals surface area contributed by atoms with Crippen LogP contribution < -0.4 is 0 Å². The topological polar surface area (TPSA) is 43.1 Å². The minimum Gasteiger partial charge on any atom is -0.329 e. The Morgan fingerprint density at radius 1 is 1.00 bits per heavy atom. The Morgan fingerprint density at radius 3 is 2.53 bits per heavy atom. The van der Waals surface area contributed by atoms with Crippen LogP contribution in [-0.4, -0.2) is 25.2 Å². The molecule has 0 spiro atoms. The highest BCUT2D eigenvalue weighted by Crippen LogP contribution is 2.31. The van der Waals surface area contributed by atoms with Crippen LogP contribution in [0.3, 0.4) is 0 Å². The van der Waals surface area contributed by atoms with Crippen LogP contribution in [0, 0.1) is 13.8 Å². The van der Waals surface area contributed by atoms with Crippen molar-refractivity contribution in [3.05, 3.63) is 106 Å². The molecule has 160 valence electrons. The Bertz CT molecular complexity index is 1330. The fourth-order valence-electron chi connectivity index (χ4n) is 4.01. The van der Waals surface area contributed by atoms with Crippen LogP contribution in [0.5, 0.6) is 0 Å². The van der Waals surface area contributed by atoms with Crippen LogP contribution in [-0.2, 0) is 17.9 Å². The first-order chi connectivity index (χ1) is 15.5. The number of carbonyl (C=O) groups excluding carboxylic acids is 1. The number of aryl methyl sites for hydroxylation is 2. The highest BCUT2D eigenvalue weighted by molar-refractivity contribution is 6.32. The maximum absolute atomic E-state index is 12.9. The first-order valence-corrected chi connectivity index (χ1v) is 10.9. The van der Waals surface area contributed by atoms with Crippen LogP contribution in [0.1, 0.15) is 27.9 Å². The van der Waals surface area contributed by atoms with E-state index in [4.69, 9.17) is 16.7 Å². The lowest BCUT2D eigenvalue weighted by atomic mass is 10.1. The fraction of sp³-hybridized carbons (Fsp3) is 0.154. The van der Waals surface area contributed by atoms with Gasteiger partial charge in [0, 0.05) is 29.1 Å². The molecule has 0 fully saturated rings. The molecule has 0 unspecified atom stereocenters. The second-order valence-corrected chi connectivity index (χ2v) is 8.48. The summed E-state index contributed by atoms with van der Waals surface area (Å²) in [6.07, 6.45) is 7.37. The molecular formula is C26H23ClN4O. The van der Waals surface area contributed by atoms with Crippen molar-refractivity contribution in [1.29, 1.82) is 0 Å². The van der Waals surface area contributed by atoms with Crippen molar-refractivity contribution < 1.29 is 4.79 Å². The molecule has 2 aromatic heterocycles. The van der Waals surface area contributed by atoms with Gasteiger partial charge < -0.3 is 9.47 Å². The highest BCUT2D eigenvalue weighted by atomic mass is 35.5. The number of benzene rings is 2. The van der Waals surface area contributed by atoms with E-state index < -0.39 is 0 Å². The van der Waals surface area contributed by atoms with Crippen molar-refractivity contribution in [2.45, 2.75) is 26.9 Å². The standard InChI is InChI=1S/C26H23ClN4O/c1-18-9-11-21(15-19(18)2)31-26(29-13-5-6-14-29)22-16-30(17-24(22)28-31)25(32)12-10-20-7-3-4-8-23(20)27/h3-15H,16-17H2,1-2H3/b12-10+. The molecule has 0 aliphatic carbocycles. The van der Waals surface area contributed by atoms with Gasteiger partial charge in [-0.05, 0) is 66.9 Å². The zero-order valence-electron chi connectivity index (χ0n) is 18.0. The number of amides is 1. The van der Waals surface area contributed by atoms with E-state index in [2.05, 4.69) is 36.6 Å². The normalized spacial score (nSPS) is 13.2. The number of fused-ring (bicyclic) bond motifs is 1. The van der Waals surface area contributed by atoms with E-state index in [1.165, 1.54) is 11.1 Å². The highest BCUT2D eigenvalue weighted by Gasteiger charge is 2.30. The fourth-order valence-corrected chi connectivity index (χ4v) is 4.21. The first-order valence-electron chi connectivity index (χ1n) is 10.5. The molecular weight excluding hydrogens is 420 g/mol. The summed E-state index contributed by atoms with van der Waals surface area (Å²) >= 11 is 6.21. The van der Waals surface area contributed by atoms with Gasteiger partial charge in [-0.3, -0.25) is 4.79 Å². The van der Waals surface area contributed by atoms with E-state index in [0.717, 1.165) is 28.3 Å². The minimum absolute atomic E-state index is 0.0564. The monoisotopic (exact) mass is 442 g/mol. The van der Waals surface area contributed by atoms with Gasteiger partial charge in [0.15, 0.2) is 0 Å². The van der Waals surface area contributed by atoms with Gasteiger partial charge in [0.25, 0.3) is 0 Å². The lowest BCUT2D eigenvalue weighted by Gasteiger charge is -2.16. The van der Waals surface area contributed by atoms with Crippen molar-refractivity contribution in [3.63, 3.8) is 0 Å². The SMILES string of the molecule is Cc1ccc(-n2nc3c(c2-n2cccc2)CN(C(=O)/C=C/c2ccccc2Cl)C3)cc1C. The van der Waals surface area contributed by atoms with Crippen molar-refractivity contribution in [3.8, 4) is 11.5 Å². The maximum Gasteiger partial charge on any atom is 0.247 e. The van der Waals surface area contributed by atoms with E-state index >= 15 is 0 Å². The third-order valence-corrected chi connectivity index (χ3v) is 6.28. The molecule has 6 heteroatoms. The van der Waals surface area contributed by atoms with Crippen molar-refractivity contribution in [1.82, 2.24) is 19.2 Å². The number of rotatable bonds is 4. The molecule has 32 heavy (non-hydrogen) atoms. The summed E-state index contributed by atoms with van der Waals surface area (Å²) in [5, 5.41) is 5.54. The summed E-state index contributed by atoms with van der Waals surface area (Å²) in [5.41, 5.74) is 6.30. The number of halogens is 1. The van der Waals surface area contributed by atoms with E-state index in [9.17, 15) is 4.79 Å². The van der Waals surface area contributed by atoms with Gasteiger partial charge in [-0.1, -0.05) is 35.9 Å². The zero-order valence-corrected chi connectivity index (χ0v) is 18.8. The second kappa shape index (κ2) is 8.17. The maximum atomic E-state index is 12.9. The summed E-state index contributed by atoms with van der Waals surface area (Å²) < 4.78 is 4.05. The van der Waals surface area contributed by atoms with Gasteiger partial charge in [-0.15, -0.1) is 0 Å². The summed E-state index contributed by atoms with van der Waals surface area (Å²) in [4.78, 5) is 14.7. The van der Waals surface area contributed by atoms with Gasteiger partial charge in [0.05, 0.1) is 24.5 Å². The average molecular weight is 443 g/mol. The molecule has 1 amide bonds. The zero-order chi connectivity index (χ0) is 22.2. The average Bonchev–Trinajstić information content (AvgIpc) is 3.51. The van der Waals surface area contributed by atoms with Crippen LogP contribution in [0.4, 0.5) is 0 Å². The second-order valence-electron chi connectivity index (χ2n) is 8.07. The Hall–Kier alpha value is -3.57. The number of nitrogens with zero attached hydrogens (tertiary/aromatic N) is 4. The largest absolute Gasteiger partial charge is 0.329 e. The van der Waals surface area contributed by atoms with Crippen molar-refractivity contribution in [2.24, 2.45) is 0 Å². The van der Waals surface area contributed by atoms with Crippen LogP contribution >= 0.6 is 11.6 Å². The molecule has 0 saturated carbocycles. The quantitative estimate of drug-likeness (QED) is 0.392. The van der Waals surface area contributed by atoms with Gasteiger partial charge in [-0.25, -0.2) is 4.68 Å². The summed E-state index contributed by atoms with van der Waals surface area (Å²) in [6.45, 7) is 5.21. The van der Waals surface area contributed by atoms with Gasteiger partial charge in [0.2, 0.25) is 5.91 Å². The number of hydrogen-bond acceptors (Lipinski definition) is 2. The molecule has 0 radical (unpaired) electrons. The van der Waals surface area contributed by atoms with E-state index in [1.54, 1.807) is 12.2 Å². The van der Waals surface area contributed by atoms with Crippen molar-refractivity contribution >= 4 is 23.6 Å². The Labute approximate surface area is 192 Å². The van der Waals surface area contributed by atoms with Gasteiger partial charge in [0.1, 0.15) is 5.82 Å². The van der Waals surface area contributed by atoms with Crippen LogP contribution in [0.15, 0.2) is 73.1 Å². The molecule has 5 nitrogen and oxygen atoms in total. The van der Waals surface area contributed by atoms with Crippen LogP contribution in [0.25, 0.3) is 17.6 Å². The molecule has 0 atom stereocenters. The molecule has 5 rings (SSSR count). The molecule has 0 saturated heterocycles. The number of hydrogen-bond donors (Lipinski definition) is 0. The predicted molar refractivity (Wildman–Crippen MR) is 127 cm³/mol. The molecule has 0 bridgehead atoms. The summed E-state index contributed by atoms with van der Waals surface area (Å²) in [6, 6.07) is 17.8. The summed E-state index contributed by atoms with van der Waals surface area (Å²) in [5.74, 6) is 0.915. The van der Waals surface area contributed by atoms with E-state index in [-0.39, 0.29) is 5.91 Å². The minimum atomic E-state index is -0.0564. The van der Waals surface area contributed by atoms with Gasteiger partial charge >= 0.3 is 0 Å². The molecule has 3 heterocycles. The molecule has 4 aromatic rings. The molecule has 1 aliphatic rings. The van der Waals surface area contributed by atoms with Crippen molar-refractivity contribution in [2.75, 3.05) is 0 Å². The molecule has 1 aliphatic heterocycles. The first kappa shape index (κ1) is 20.3. The lowest BCUT2D eigenvalue weighted by Crippen LogP contribution is -2.24. The Balaban J connectivity index is 1.47.